The molecule has 4 aromatic carbocycles. The van der Waals surface area contributed by atoms with Crippen LogP contribution in [-0.2, 0) is 6.61 Å². The Balaban J connectivity index is 1.28. The van der Waals surface area contributed by atoms with Crippen molar-refractivity contribution in [2.24, 2.45) is 5.73 Å². The Morgan fingerprint density at radius 3 is 2.69 bits per heavy atom. The monoisotopic (exact) mass is 580 g/mol. The number of carbonyl (C=O) groups is 1. The lowest BCUT2D eigenvalue weighted by Crippen LogP contribution is -2.21. The first-order chi connectivity index (χ1) is 20.3. The fraction of sp³-hybridized carbons (Fsp3) is 0.0909. The zero-order valence-corrected chi connectivity index (χ0v) is 22.9. The van der Waals surface area contributed by atoms with Crippen molar-refractivity contribution in [2.45, 2.75) is 19.4 Å². The van der Waals surface area contributed by atoms with Crippen LogP contribution < -0.4 is 19.9 Å². The number of carbonyl (C=O) groups excluding carboxylic acids is 1. The number of nitrogens with two attached hydrogens (primary N) is 1. The molecule has 1 aliphatic rings. The smallest absolute Gasteiger partial charge is 0.379 e. The Bertz CT molecular complexity index is 1940. The number of nitriles is 1. The summed E-state index contributed by atoms with van der Waals surface area (Å²) in [5, 5.41) is 11.2. The number of halogens is 2. The van der Waals surface area contributed by atoms with Gasteiger partial charge in [-0.2, -0.15) is 5.26 Å². The number of rotatable bonds is 6. The summed E-state index contributed by atoms with van der Waals surface area (Å²) in [7, 11) is 0. The summed E-state index contributed by atoms with van der Waals surface area (Å²) in [4.78, 5) is 13.0. The van der Waals surface area contributed by atoms with Crippen LogP contribution in [-0.4, -0.2) is 5.97 Å². The molecule has 0 amide bonds. The molecule has 0 spiro atoms. The first-order valence-corrected chi connectivity index (χ1v) is 13.3. The summed E-state index contributed by atoms with van der Waals surface area (Å²) in [6.45, 7) is 1.79. The molecule has 0 fully saturated rings. The molecule has 42 heavy (non-hydrogen) atoms. The highest BCUT2D eigenvalue weighted by Gasteiger charge is 2.31. The van der Waals surface area contributed by atoms with Gasteiger partial charge in [0.25, 0.3) is 0 Å². The number of fused-ring (bicyclic) bond motifs is 2. The fourth-order valence-corrected chi connectivity index (χ4v) is 5.12. The average molecular weight is 581 g/mol. The van der Waals surface area contributed by atoms with E-state index >= 15 is 0 Å². The number of furan rings is 1. The first kappa shape index (κ1) is 26.9. The van der Waals surface area contributed by atoms with Gasteiger partial charge < -0.3 is 24.4 Å². The second kappa shape index (κ2) is 11.0. The third-order valence-electron chi connectivity index (χ3n) is 7.03. The first-order valence-electron chi connectivity index (χ1n) is 12.9. The summed E-state index contributed by atoms with van der Waals surface area (Å²) < 4.78 is 37.1. The van der Waals surface area contributed by atoms with Crippen molar-refractivity contribution in [3.05, 3.63) is 135 Å². The van der Waals surface area contributed by atoms with Crippen molar-refractivity contribution in [1.82, 2.24) is 0 Å². The van der Waals surface area contributed by atoms with Gasteiger partial charge in [0.1, 0.15) is 46.9 Å². The highest BCUT2D eigenvalue weighted by atomic mass is 35.5. The highest BCUT2D eigenvalue weighted by molar-refractivity contribution is 6.31. The molecule has 9 heteroatoms. The van der Waals surface area contributed by atoms with Gasteiger partial charge in [-0.25, -0.2) is 9.18 Å². The van der Waals surface area contributed by atoms with Crippen molar-refractivity contribution in [1.29, 1.82) is 5.26 Å². The lowest BCUT2D eigenvalue weighted by atomic mass is 9.83. The molecule has 1 aromatic heterocycles. The molecule has 0 saturated carbocycles. The Kier molecular flexibility index (Phi) is 7.03. The van der Waals surface area contributed by atoms with Crippen LogP contribution in [0.3, 0.4) is 0 Å². The van der Waals surface area contributed by atoms with Gasteiger partial charge in [0.15, 0.2) is 0 Å². The molecule has 0 aliphatic carbocycles. The van der Waals surface area contributed by atoms with Gasteiger partial charge in [-0.05, 0) is 55.0 Å². The maximum absolute atomic E-state index is 14.1. The van der Waals surface area contributed by atoms with Crippen molar-refractivity contribution in [3.63, 3.8) is 0 Å². The predicted molar refractivity (Wildman–Crippen MR) is 154 cm³/mol. The van der Waals surface area contributed by atoms with E-state index in [0.29, 0.717) is 49.7 Å². The van der Waals surface area contributed by atoms with Crippen LogP contribution in [0.15, 0.2) is 101 Å². The van der Waals surface area contributed by atoms with Crippen LogP contribution in [0.4, 0.5) is 4.39 Å². The molecule has 6 rings (SSSR count). The van der Waals surface area contributed by atoms with Crippen molar-refractivity contribution in [2.75, 3.05) is 0 Å². The quantitative estimate of drug-likeness (QED) is 0.163. The third-order valence-corrected chi connectivity index (χ3v) is 7.26. The molecule has 5 aromatic rings. The molecule has 1 unspecified atom stereocenters. The lowest BCUT2D eigenvalue weighted by molar-refractivity contribution is 0.0702. The van der Waals surface area contributed by atoms with Crippen molar-refractivity contribution >= 4 is 28.5 Å². The van der Waals surface area contributed by atoms with E-state index in [1.807, 2.05) is 6.07 Å². The second-order valence-corrected chi connectivity index (χ2v) is 10.1. The van der Waals surface area contributed by atoms with Gasteiger partial charge in [0, 0.05) is 33.2 Å². The molecule has 0 bridgehead atoms. The fourth-order valence-electron chi connectivity index (χ4n) is 4.94. The number of benzene rings is 4. The van der Waals surface area contributed by atoms with Gasteiger partial charge >= 0.3 is 5.97 Å². The molecule has 2 heterocycles. The number of aryl methyl sites for hydroxylation is 1. The molecule has 7 nitrogen and oxygen atoms in total. The minimum atomic E-state index is -0.687. The highest BCUT2D eigenvalue weighted by Crippen LogP contribution is 2.44. The number of allylic oxidation sites excluding steroid dienone is 1. The van der Waals surface area contributed by atoms with E-state index in [0.717, 1.165) is 0 Å². The van der Waals surface area contributed by atoms with Crippen LogP contribution in [0.1, 0.15) is 38.7 Å². The Labute approximate surface area is 245 Å². The van der Waals surface area contributed by atoms with Gasteiger partial charge in [0.2, 0.25) is 11.6 Å². The summed E-state index contributed by atoms with van der Waals surface area (Å²) in [5.41, 5.74) is 9.28. The molecule has 0 radical (unpaired) electrons. The normalized spacial score (nSPS) is 14.2. The van der Waals surface area contributed by atoms with Crippen LogP contribution >= 0.6 is 11.6 Å². The Morgan fingerprint density at radius 1 is 1.05 bits per heavy atom. The second-order valence-electron chi connectivity index (χ2n) is 9.66. The van der Waals surface area contributed by atoms with Crippen LogP contribution in [0.5, 0.6) is 17.2 Å². The summed E-state index contributed by atoms with van der Waals surface area (Å²) in [6.07, 6.45) is 0. The summed E-state index contributed by atoms with van der Waals surface area (Å²) in [6, 6.07) is 25.6. The maximum atomic E-state index is 14.1. The average Bonchev–Trinajstić information content (AvgIpc) is 3.31. The van der Waals surface area contributed by atoms with E-state index in [-0.39, 0.29) is 35.4 Å². The minimum absolute atomic E-state index is 0.0377. The van der Waals surface area contributed by atoms with E-state index in [4.69, 9.17) is 36.0 Å². The van der Waals surface area contributed by atoms with E-state index in [9.17, 15) is 14.4 Å². The Morgan fingerprint density at radius 2 is 1.88 bits per heavy atom. The summed E-state index contributed by atoms with van der Waals surface area (Å²) in [5.74, 6) is -0.615. The Hall–Kier alpha value is -5.26. The van der Waals surface area contributed by atoms with Crippen LogP contribution in [0, 0.1) is 24.1 Å². The number of hydrogen-bond acceptors (Lipinski definition) is 7. The zero-order valence-electron chi connectivity index (χ0n) is 22.2. The predicted octanol–water partition coefficient (Wildman–Crippen LogP) is 7.55. The molecule has 0 saturated heterocycles. The molecule has 208 valence electrons. The standard InChI is InChI=1S/C33H22ClFN2O5/c1-18-25-14-21(34)9-12-28(25)41-31(18)33(38)40-23-10-11-24-29(15-23)42-32(37)26(16-36)30(24)19-6-4-7-22(13-19)39-17-20-5-2-3-8-27(20)35/h2-15,30H,17,37H2,1H3. The van der Waals surface area contributed by atoms with Gasteiger partial charge in [-0.15, -0.1) is 0 Å². The number of nitrogens with zero attached hydrogens (tertiary/aromatic N) is 1. The lowest BCUT2D eigenvalue weighted by Gasteiger charge is -2.27. The van der Waals surface area contributed by atoms with Crippen LogP contribution in [0.2, 0.25) is 5.02 Å². The maximum Gasteiger partial charge on any atom is 0.379 e. The van der Waals surface area contributed by atoms with E-state index in [1.54, 1.807) is 73.7 Å². The number of hydrogen-bond donors (Lipinski definition) is 1. The number of esters is 1. The van der Waals surface area contributed by atoms with Crippen molar-refractivity contribution in [3.8, 4) is 23.3 Å². The van der Waals surface area contributed by atoms with Gasteiger partial charge in [-0.3, -0.25) is 0 Å². The number of ether oxygens (including phenoxy) is 3. The van der Waals surface area contributed by atoms with Gasteiger partial charge in [-0.1, -0.05) is 48.0 Å². The third kappa shape index (κ3) is 5.02. The minimum Gasteiger partial charge on any atom is -0.489 e. The van der Waals surface area contributed by atoms with Crippen molar-refractivity contribution < 1.29 is 27.8 Å². The molecular formula is C33H22ClFN2O5. The topological polar surface area (TPSA) is 108 Å². The zero-order chi connectivity index (χ0) is 29.4. The molecular weight excluding hydrogens is 559 g/mol. The largest absolute Gasteiger partial charge is 0.489 e. The van der Waals surface area contributed by atoms with E-state index in [1.165, 1.54) is 12.1 Å². The van der Waals surface area contributed by atoms with Gasteiger partial charge in [0.05, 0.1) is 5.92 Å². The molecule has 2 N–H and O–H groups in total. The SMILES string of the molecule is Cc1c(C(=O)Oc2ccc3c(c2)OC(N)=C(C#N)C3c2cccc(OCc3ccccc3F)c2)oc2ccc(Cl)cc12. The van der Waals surface area contributed by atoms with Crippen LogP contribution in [0.25, 0.3) is 11.0 Å². The van der Waals surface area contributed by atoms with E-state index < -0.39 is 11.9 Å². The molecule has 1 aliphatic heterocycles. The molecule has 1 atom stereocenters. The summed E-state index contributed by atoms with van der Waals surface area (Å²) >= 11 is 6.09. The van der Waals surface area contributed by atoms with E-state index in [2.05, 4.69) is 6.07 Å².